The fraction of sp³-hybridized carbons (Fsp3) is 0.526. The average Bonchev–Trinajstić information content (AvgIpc) is 3.23. The SMILES string of the molecule is CN1CCC(F)(CNC2CC2c2cnc(-c3ccc(F)cc3)s2)CC1. The van der Waals surface area contributed by atoms with E-state index in [0.717, 1.165) is 30.1 Å². The fourth-order valence-corrected chi connectivity index (χ4v) is 4.53. The van der Waals surface area contributed by atoms with Gasteiger partial charge in [0.15, 0.2) is 0 Å². The smallest absolute Gasteiger partial charge is 0.125 e. The molecule has 0 radical (unpaired) electrons. The van der Waals surface area contributed by atoms with Crippen molar-refractivity contribution in [2.24, 2.45) is 0 Å². The molecule has 25 heavy (non-hydrogen) atoms. The summed E-state index contributed by atoms with van der Waals surface area (Å²) in [6.07, 6.45) is 4.18. The van der Waals surface area contributed by atoms with Crippen molar-refractivity contribution in [2.75, 3.05) is 26.7 Å². The monoisotopic (exact) mass is 363 g/mol. The molecule has 2 atom stereocenters. The van der Waals surface area contributed by atoms with Crippen LogP contribution in [-0.2, 0) is 0 Å². The van der Waals surface area contributed by atoms with Gasteiger partial charge in [0.05, 0.1) is 0 Å². The van der Waals surface area contributed by atoms with E-state index >= 15 is 0 Å². The van der Waals surface area contributed by atoms with Crippen molar-refractivity contribution in [1.29, 1.82) is 0 Å². The van der Waals surface area contributed by atoms with Gasteiger partial charge >= 0.3 is 0 Å². The summed E-state index contributed by atoms with van der Waals surface area (Å²) < 4.78 is 27.8. The summed E-state index contributed by atoms with van der Waals surface area (Å²) in [4.78, 5) is 7.89. The lowest BCUT2D eigenvalue weighted by molar-refractivity contribution is 0.0686. The van der Waals surface area contributed by atoms with E-state index in [4.69, 9.17) is 0 Å². The topological polar surface area (TPSA) is 28.2 Å². The molecule has 2 aromatic rings. The highest BCUT2D eigenvalue weighted by Crippen LogP contribution is 2.45. The van der Waals surface area contributed by atoms with Crippen molar-refractivity contribution in [2.45, 2.75) is 36.9 Å². The highest BCUT2D eigenvalue weighted by atomic mass is 32.1. The number of nitrogens with zero attached hydrogens (tertiary/aromatic N) is 2. The third-order valence-corrected chi connectivity index (χ3v) is 6.51. The summed E-state index contributed by atoms with van der Waals surface area (Å²) >= 11 is 1.65. The number of rotatable bonds is 5. The number of hydrogen-bond acceptors (Lipinski definition) is 4. The number of benzene rings is 1. The standard InChI is InChI=1S/C19H23F2N3S/c1-24-8-6-19(21,7-9-24)12-23-16-10-15(16)17-11-22-18(25-17)13-2-4-14(20)5-3-13/h2-5,11,15-16,23H,6-10,12H2,1H3. The van der Waals surface area contributed by atoms with Gasteiger partial charge in [-0.15, -0.1) is 11.3 Å². The van der Waals surface area contributed by atoms with Crippen molar-refractivity contribution >= 4 is 11.3 Å². The second-order valence-electron chi connectivity index (χ2n) is 7.36. The molecule has 2 heterocycles. The molecule has 0 amide bonds. The van der Waals surface area contributed by atoms with Gasteiger partial charge in [-0.1, -0.05) is 0 Å². The lowest BCUT2D eigenvalue weighted by Gasteiger charge is -2.34. The maximum absolute atomic E-state index is 14.8. The van der Waals surface area contributed by atoms with E-state index in [1.54, 1.807) is 23.5 Å². The molecule has 3 nitrogen and oxygen atoms in total. The lowest BCUT2D eigenvalue weighted by atomic mass is 9.93. The van der Waals surface area contributed by atoms with Gasteiger partial charge in [0.1, 0.15) is 16.5 Å². The summed E-state index contributed by atoms with van der Waals surface area (Å²) in [5.74, 6) is 0.197. The molecule has 2 fully saturated rings. The van der Waals surface area contributed by atoms with Crippen LogP contribution >= 0.6 is 11.3 Å². The summed E-state index contributed by atoms with van der Waals surface area (Å²) in [7, 11) is 2.05. The van der Waals surface area contributed by atoms with E-state index < -0.39 is 5.67 Å². The number of likely N-dealkylation sites (tertiary alicyclic amines) is 1. The minimum atomic E-state index is -1.06. The normalized spacial score (nSPS) is 25.9. The molecular weight excluding hydrogens is 340 g/mol. The Bertz CT molecular complexity index is 723. The maximum atomic E-state index is 14.8. The van der Waals surface area contributed by atoms with Gasteiger partial charge in [0.25, 0.3) is 0 Å². The number of hydrogen-bond donors (Lipinski definition) is 1. The molecule has 1 aromatic carbocycles. The number of alkyl halides is 1. The molecule has 134 valence electrons. The van der Waals surface area contributed by atoms with Gasteiger partial charge in [-0.05, 0) is 50.6 Å². The Morgan fingerprint density at radius 2 is 2.00 bits per heavy atom. The number of nitrogens with one attached hydrogen (secondary N) is 1. The number of halogens is 2. The van der Waals surface area contributed by atoms with Crippen molar-refractivity contribution < 1.29 is 8.78 Å². The molecule has 0 spiro atoms. The minimum absolute atomic E-state index is 0.235. The van der Waals surface area contributed by atoms with Crippen LogP contribution < -0.4 is 5.32 Å². The van der Waals surface area contributed by atoms with Crippen molar-refractivity contribution in [3.05, 3.63) is 41.2 Å². The van der Waals surface area contributed by atoms with Crippen LogP contribution in [0, 0.1) is 5.82 Å². The molecule has 1 aromatic heterocycles. The van der Waals surface area contributed by atoms with Crippen LogP contribution in [0.1, 0.15) is 30.1 Å². The zero-order chi connectivity index (χ0) is 17.4. The van der Waals surface area contributed by atoms with E-state index in [0.29, 0.717) is 31.3 Å². The van der Waals surface area contributed by atoms with Crippen LogP contribution in [0.4, 0.5) is 8.78 Å². The Kier molecular flexibility index (Phi) is 4.60. The molecule has 1 aliphatic carbocycles. The van der Waals surface area contributed by atoms with Gasteiger partial charge in [-0.25, -0.2) is 13.8 Å². The average molecular weight is 363 g/mol. The van der Waals surface area contributed by atoms with E-state index in [-0.39, 0.29) is 5.82 Å². The largest absolute Gasteiger partial charge is 0.310 e. The summed E-state index contributed by atoms with van der Waals surface area (Å²) in [5, 5.41) is 4.34. The van der Waals surface area contributed by atoms with Gasteiger partial charge in [-0.2, -0.15) is 0 Å². The molecule has 1 saturated heterocycles. The first-order valence-corrected chi connectivity index (χ1v) is 9.67. The first-order chi connectivity index (χ1) is 12.0. The lowest BCUT2D eigenvalue weighted by Crippen LogP contribution is -2.46. The minimum Gasteiger partial charge on any atom is -0.310 e. The highest BCUT2D eigenvalue weighted by molar-refractivity contribution is 7.15. The Hall–Kier alpha value is -1.37. The summed E-state index contributed by atoms with van der Waals surface area (Å²) in [5.41, 5.74) is -0.121. The number of aromatic nitrogens is 1. The Morgan fingerprint density at radius 3 is 2.72 bits per heavy atom. The maximum Gasteiger partial charge on any atom is 0.125 e. The fourth-order valence-electron chi connectivity index (χ4n) is 3.43. The molecule has 0 bridgehead atoms. The first-order valence-electron chi connectivity index (χ1n) is 8.85. The molecule has 1 aliphatic heterocycles. The second-order valence-corrected chi connectivity index (χ2v) is 8.42. The zero-order valence-corrected chi connectivity index (χ0v) is 15.2. The van der Waals surface area contributed by atoms with Gasteiger partial charge in [0, 0.05) is 48.2 Å². The molecule has 6 heteroatoms. The highest BCUT2D eigenvalue weighted by Gasteiger charge is 2.42. The van der Waals surface area contributed by atoms with Gasteiger partial charge in [0.2, 0.25) is 0 Å². The molecule has 2 aliphatic rings. The molecular formula is C19H23F2N3S. The van der Waals surface area contributed by atoms with Crippen LogP contribution in [0.2, 0.25) is 0 Å². The van der Waals surface area contributed by atoms with E-state index in [1.165, 1.54) is 17.0 Å². The predicted octanol–water partition coefficient (Wildman–Crippen LogP) is 3.83. The van der Waals surface area contributed by atoms with Crippen LogP contribution in [0.5, 0.6) is 0 Å². The molecule has 1 saturated carbocycles. The summed E-state index contributed by atoms with van der Waals surface area (Å²) in [6.45, 7) is 2.12. The van der Waals surface area contributed by atoms with Crippen LogP contribution in [0.25, 0.3) is 10.6 Å². The molecule has 1 N–H and O–H groups in total. The van der Waals surface area contributed by atoms with Crippen LogP contribution in [-0.4, -0.2) is 48.3 Å². The third kappa shape index (κ3) is 3.91. The Balaban J connectivity index is 1.32. The second kappa shape index (κ2) is 6.74. The Morgan fingerprint density at radius 1 is 1.28 bits per heavy atom. The predicted molar refractivity (Wildman–Crippen MR) is 97.2 cm³/mol. The third-order valence-electron chi connectivity index (χ3n) is 5.33. The summed E-state index contributed by atoms with van der Waals surface area (Å²) in [6, 6.07) is 6.79. The quantitative estimate of drug-likeness (QED) is 0.875. The van der Waals surface area contributed by atoms with Crippen molar-refractivity contribution in [1.82, 2.24) is 15.2 Å². The molecule has 4 rings (SSSR count). The van der Waals surface area contributed by atoms with Gasteiger partial charge in [-0.3, -0.25) is 0 Å². The van der Waals surface area contributed by atoms with E-state index in [2.05, 4.69) is 15.2 Å². The van der Waals surface area contributed by atoms with Crippen molar-refractivity contribution in [3.63, 3.8) is 0 Å². The van der Waals surface area contributed by atoms with Crippen molar-refractivity contribution in [3.8, 4) is 10.6 Å². The van der Waals surface area contributed by atoms with Crippen LogP contribution in [0.3, 0.4) is 0 Å². The van der Waals surface area contributed by atoms with Crippen LogP contribution in [0.15, 0.2) is 30.5 Å². The molecule has 2 unspecified atom stereocenters. The number of piperidine rings is 1. The van der Waals surface area contributed by atoms with Gasteiger partial charge < -0.3 is 10.2 Å². The van der Waals surface area contributed by atoms with E-state index in [1.807, 2.05) is 13.2 Å². The van der Waals surface area contributed by atoms with E-state index in [9.17, 15) is 8.78 Å². The zero-order valence-electron chi connectivity index (χ0n) is 14.3. The first kappa shape index (κ1) is 17.1. The number of thiazole rings is 1. The Labute approximate surface area is 151 Å².